The molecule has 4 heteroatoms. The molecule has 4 nitrogen and oxygen atoms in total. The summed E-state index contributed by atoms with van der Waals surface area (Å²) in [5.41, 5.74) is 3.47. The summed E-state index contributed by atoms with van der Waals surface area (Å²) >= 11 is 0. The third-order valence-corrected chi connectivity index (χ3v) is 5.35. The molecule has 3 rings (SSSR count). The van der Waals surface area contributed by atoms with Gasteiger partial charge in [0.25, 0.3) is 5.91 Å². The first kappa shape index (κ1) is 19.2. The van der Waals surface area contributed by atoms with Crippen molar-refractivity contribution < 1.29 is 14.7 Å². The van der Waals surface area contributed by atoms with Crippen LogP contribution in [0.4, 0.5) is 0 Å². The molecule has 1 saturated heterocycles. The van der Waals surface area contributed by atoms with Crippen molar-refractivity contribution in [3.63, 3.8) is 0 Å². The van der Waals surface area contributed by atoms with Crippen LogP contribution in [0.15, 0.2) is 48.5 Å². The summed E-state index contributed by atoms with van der Waals surface area (Å²) in [5, 5.41) is 9.13. The maximum absolute atomic E-state index is 12.8. The second-order valence-electron chi connectivity index (χ2n) is 8.29. The maximum Gasteiger partial charge on any atom is 0.335 e. The molecule has 0 radical (unpaired) electrons. The molecule has 2 aromatic rings. The minimum Gasteiger partial charge on any atom is -0.478 e. The van der Waals surface area contributed by atoms with E-state index in [0.29, 0.717) is 24.6 Å². The van der Waals surface area contributed by atoms with Crippen LogP contribution in [-0.4, -0.2) is 35.0 Å². The van der Waals surface area contributed by atoms with E-state index in [4.69, 9.17) is 5.11 Å². The molecule has 1 amide bonds. The summed E-state index contributed by atoms with van der Waals surface area (Å²) in [6.45, 7) is 8.10. The fourth-order valence-electron chi connectivity index (χ4n) is 3.90. The van der Waals surface area contributed by atoms with Crippen LogP contribution >= 0.6 is 0 Å². The van der Waals surface area contributed by atoms with Gasteiger partial charge in [-0.05, 0) is 53.5 Å². The average molecular weight is 365 g/mol. The number of likely N-dealkylation sites (tertiary alicyclic amines) is 1. The first-order chi connectivity index (χ1) is 12.8. The molecule has 0 spiro atoms. The van der Waals surface area contributed by atoms with Gasteiger partial charge in [-0.1, -0.05) is 51.1 Å². The average Bonchev–Trinajstić information content (AvgIpc) is 2.67. The van der Waals surface area contributed by atoms with Gasteiger partial charge in [-0.15, -0.1) is 0 Å². The van der Waals surface area contributed by atoms with Gasteiger partial charge >= 0.3 is 5.97 Å². The van der Waals surface area contributed by atoms with Crippen LogP contribution in [0, 0.1) is 0 Å². The quantitative estimate of drug-likeness (QED) is 0.857. The minimum absolute atomic E-state index is 0.0827. The first-order valence-electron chi connectivity index (χ1n) is 9.49. The van der Waals surface area contributed by atoms with Crippen molar-refractivity contribution in [3.8, 4) is 0 Å². The smallest absolute Gasteiger partial charge is 0.335 e. The number of nitrogens with zero attached hydrogens (tertiary/aromatic N) is 1. The molecular formula is C23H27NO3. The second kappa shape index (κ2) is 7.55. The standard InChI is InChI=1S/C23H27NO3/c1-23(2,3)20-10-5-4-9-19(20)16-11-13-24(14-12-16)21(25)17-7-6-8-18(15-17)22(26)27/h4-10,15-16H,11-14H2,1-3H3,(H,26,27). The lowest BCUT2D eigenvalue weighted by atomic mass is 9.77. The van der Waals surface area contributed by atoms with E-state index in [2.05, 4.69) is 45.0 Å². The Morgan fingerprint density at radius 1 is 0.963 bits per heavy atom. The molecular weight excluding hydrogens is 338 g/mol. The van der Waals surface area contributed by atoms with E-state index in [1.807, 2.05) is 4.90 Å². The molecule has 0 bridgehead atoms. The lowest BCUT2D eigenvalue weighted by Crippen LogP contribution is -2.38. The van der Waals surface area contributed by atoms with Gasteiger partial charge in [-0.2, -0.15) is 0 Å². The molecule has 0 unspecified atom stereocenters. The van der Waals surface area contributed by atoms with Gasteiger partial charge in [0, 0.05) is 18.7 Å². The predicted octanol–water partition coefficient (Wildman–Crippen LogP) is 4.70. The summed E-state index contributed by atoms with van der Waals surface area (Å²) in [7, 11) is 0. The van der Waals surface area contributed by atoms with Gasteiger partial charge in [0.1, 0.15) is 0 Å². The van der Waals surface area contributed by atoms with Crippen LogP contribution in [0.1, 0.15) is 71.4 Å². The van der Waals surface area contributed by atoms with Gasteiger partial charge in [-0.3, -0.25) is 4.79 Å². The summed E-state index contributed by atoms with van der Waals surface area (Å²) in [6, 6.07) is 14.9. The fraction of sp³-hybridized carbons (Fsp3) is 0.391. The van der Waals surface area contributed by atoms with E-state index in [9.17, 15) is 9.59 Å². The normalized spacial score (nSPS) is 15.6. The number of benzene rings is 2. The molecule has 1 N–H and O–H groups in total. The largest absolute Gasteiger partial charge is 0.478 e. The highest BCUT2D eigenvalue weighted by Crippen LogP contribution is 2.36. The van der Waals surface area contributed by atoms with Crippen molar-refractivity contribution in [3.05, 3.63) is 70.8 Å². The van der Waals surface area contributed by atoms with Crippen molar-refractivity contribution in [2.75, 3.05) is 13.1 Å². The lowest BCUT2D eigenvalue weighted by molar-refractivity contribution is 0.0697. The van der Waals surface area contributed by atoms with Crippen LogP contribution in [0.25, 0.3) is 0 Å². The number of carboxylic acid groups (broad SMARTS) is 1. The van der Waals surface area contributed by atoms with Crippen molar-refractivity contribution in [2.24, 2.45) is 0 Å². The zero-order valence-corrected chi connectivity index (χ0v) is 16.2. The number of rotatable bonds is 3. The lowest BCUT2D eigenvalue weighted by Gasteiger charge is -2.35. The Morgan fingerprint density at radius 3 is 2.22 bits per heavy atom. The topological polar surface area (TPSA) is 57.6 Å². The van der Waals surface area contributed by atoms with Gasteiger partial charge in [0.05, 0.1) is 5.56 Å². The van der Waals surface area contributed by atoms with E-state index in [-0.39, 0.29) is 16.9 Å². The number of carboxylic acids is 1. The Kier molecular flexibility index (Phi) is 5.36. The second-order valence-corrected chi connectivity index (χ2v) is 8.29. The Labute approximate surface area is 160 Å². The Bertz CT molecular complexity index is 843. The van der Waals surface area contributed by atoms with Crippen LogP contribution < -0.4 is 0 Å². The molecule has 1 aliphatic heterocycles. The number of aromatic carboxylic acids is 1. The number of carbonyl (C=O) groups excluding carboxylic acids is 1. The van der Waals surface area contributed by atoms with E-state index >= 15 is 0 Å². The van der Waals surface area contributed by atoms with Crippen molar-refractivity contribution in [2.45, 2.75) is 44.9 Å². The fourth-order valence-corrected chi connectivity index (χ4v) is 3.90. The van der Waals surface area contributed by atoms with Gasteiger partial charge < -0.3 is 10.0 Å². The number of hydrogen-bond acceptors (Lipinski definition) is 2. The van der Waals surface area contributed by atoms with E-state index < -0.39 is 5.97 Å². The molecule has 1 heterocycles. The molecule has 1 aliphatic rings. The zero-order chi connectivity index (χ0) is 19.6. The number of amides is 1. The number of hydrogen-bond donors (Lipinski definition) is 1. The van der Waals surface area contributed by atoms with Crippen molar-refractivity contribution in [1.82, 2.24) is 4.90 Å². The number of piperidine rings is 1. The first-order valence-corrected chi connectivity index (χ1v) is 9.49. The van der Waals surface area contributed by atoms with Crippen LogP contribution in [0.2, 0.25) is 0 Å². The third kappa shape index (κ3) is 4.21. The molecule has 0 saturated carbocycles. The van der Waals surface area contributed by atoms with Crippen molar-refractivity contribution in [1.29, 1.82) is 0 Å². The summed E-state index contributed by atoms with van der Waals surface area (Å²) < 4.78 is 0. The van der Waals surface area contributed by atoms with Crippen LogP contribution in [-0.2, 0) is 5.41 Å². The van der Waals surface area contributed by atoms with E-state index in [1.54, 1.807) is 12.1 Å². The van der Waals surface area contributed by atoms with Crippen LogP contribution in [0.5, 0.6) is 0 Å². The predicted molar refractivity (Wildman–Crippen MR) is 106 cm³/mol. The summed E-state index contributed by atoms with van der Waals surface area (Å²) in [5.74, 6) is -0.641. The van der Waals surface area contributed by atoms with Gasteiger partial charge in [0.15, 0.2) is 0 Å². The van der Waals surface area contributed by atoms with Gasteiger partial charge in [-0.25, -0.2) is 4.79 Å². The Hall–Kier alpha value is -2.62. The van der Waals surface area contributed by atoms with Crippen molar-refractivity contribution >= 4 is 11.9 Å². The molecule has 0 atom stereocenters. The number of carbonyl (C=O) groups is 2. The molecule has 27 heavy (non-hydrogen) atoms. The minimum atomic E-state index is -1.01. The Balaban J connectivity index is 1.72. The highest BCUT2D eigenvalue weighted by atomic mass is 16.4. The van der Waals surface area contributed by atoms with Gasteiger partial charge in [0.2, 0.25) is 0 Å². The monoisotopic (exact) mass is 365 g/mol. The van der Waals surface area contributed by atoms with E-state index in [1.165, 1.54) is 23.3 Å². The molecule has 0 aromatic heterocycles. The van der Waals surface area contributed by atoms with E-state index in [0.717, 1.165) is 12.8 Å². The highest BCUT2D eigenvalue weighted by molar-refractivity contribution is 5.97. The SMILES string of the molecule is CC(C)(C)c1ccccc1C1CCN(C(=O)c2cccc(C(=O)O)c2)CC1. The molecule has 1 fully saturated rings. The zero-order valence-electron chi connectivity index (χ0n) is 16.2. The Morgan fingerprint density at radius 2 is 1.59 bits per heavy atom. The summed E-state index contributed by atoms with van der Waals surface area (Å²) in [6.07, 6.45) is 1.86. The third-order valence-electron chi connectivity index (χ3n) is 5.35. The summed E-state index contributed by atoms with van der Waals surface area (Å²) in [4.78, 5) is 25.8. The highest BCUT2D eigenvalue weighted by Gasteiger charge is 2.28. The van der Waals surface area contributed by atoms with Crippen LogP contribution in [0.3, 0.4) is 0 Å². The molecule has 2 aromatic carbocycles. The molecule has 142 valence electrons. The maximum atomic E-state index is 12.8. The molecule has 0 aliphatic carbocycles.